The molecule has 0 N–H and O–H groups in total. The third-order valence-electron chi connectivity index (χ3n) is 7.91. The highest BCUT2D eigenvalue weighted by Gasteiger charge is 2.64. The summed E-state index contributed by atoms with van der Waals surface area (Å²) in [6.07, 6.45) is -1.47. The van der Waals surface area contributed by atoms with Gasteiger partial charge in [-0.25, -0.2) is 13.2 Å². The molecule has 1 saturated carbocycles. The second-order valence-corrected chi connectivity index (χ2v) is 9.27. The number of rotatable bonds is 3. The lowest BCUT2D eigenvalue weighted by Gasteiger charge is -2.41. The lowest BCUT2D eigenvalue weighted by atomic mass is 9.80. The molecule has 0 bridgehead atoms. The molecule has 3 heterocycles. The fraction of sp³-hybridized carbons (Fsp3) is 0.444. The first-order valence-electron chi connectivity index (χ1n) is 11.6. The zero-order valence-electron chi connectivity index (χ0n) is 19.6. The Kier molecular flexibility index (Phi) is 4.81. The maximum atomic E-state index is 15.3. The minimum atomic E-state index is -1.55. The molecule has 1 aliphatic carbocycles. The summed E-state index contributed by atoms with van der Waals surface area (Å²) in [4.78, 5) is 0. The monoisotopic (exact) mass is 439 g/mol. The van der Waals surface area contributed by atoms with Crippen molar-refractivity contribution >= 4 is 11.3 Å². The van der Waals surface area contributed by atoms with Gasteiger partial charge in [0.2, 0.25) is 11.7 Å². The average Bonchev–Trinajstić information content (AvgIpc) is 3.09. The number of nitrogens with zero attached hydrogens (tertiary/aromatic N) is 2. The van der Waals surface area contributed by atoms with Crippen molar-refractivity contribution in [1.29, 1.82) is 0 Å². The van der Waals surface area contributed by atoms with Gasteiger partial charge >= 0.3 is 0 Å². The number of hydrogen-bond acceptors (Lipinski definition) is 0. The van der Waals surface area contributed by atoms with Crippen LogP contribution in [-0.2, 0) is 6.42 Å². The van der Waals surface area contributed by atoms with Gasteiger partial charge in [-0.05, 0) is 62.4 Å². The van der Waals surface area contributed by atoms with E-state index >= 15 is 8.78 Å². The summed E-state index contributed by atoms with van der Waals surface area (Å²) < 4.78 is 48.5. The van der Waals surface area contributed by atoms with Crippen molar-refractivity contribution < 1.29 is 17.7 Å². The van der Waals surface area contributed by atoms with Gasteiger partial charge in [0.1, 0.15) is 11.9 Å². The van der Waals surface area contributed by atoms with Crippen LogP contribution in [0.15, 0.2) is 41.1 Å². The average molecular weight is 440 g/mol. The first-order valence-corrected chi connectivity index (χ1v) is 11.6. The normalized spacial score (nSPS) is 26.8. The molecule has 32 heavy (non-hydrogen) atoms. The summed E-state index contributed by atoms with van der Waals surface area (Å²) in [5.41, 5.74) is 10.3. The molecule has 1 aromatic carbocycles. The zero-order chi connectivity index (χ0) is 23.1. The van der Waals surface area contributed by atoms with Gasteiger partial charge in [-0.2, -0.15) is 4.58 Å². The molecule has 4 unspecified atom stereocenters. The van der Waals surface area contributed by atoms with Crippen molar-refractivity contribution in [2.75, 3.05) is 0 Å². The summed E-state index contributed by atoms with van der Waals surface area (Å²) in [6, 6.07) is 5.31. The molecule has 168 valence electrons. The van der Waals surface area contributed by atoms with E-state index in [1.54, 1.807) is 12.1 Å². The van der Waals surface area contributed by atoms with E-state index in [4.69, 9.17) is 0 Å². The first kappa shape index (κ1) is 21.3. The second-order valence-electron chi connectivity index (χ2n) is 9.27. The van der Waals surface area contributed by atoms with E-state index in [1.807, 2.05) is 13.8 Å². The Hall–Kier alpha value is -2.56. The molecule has 1 aromatic heterocycles. The Morgan fingerprint density at radius 1 is 0.938 bits per heavy atom. The summed E-state index contributed by atoms with van der Waals surface area (Å²) in [6.45, 7) is 12.4. The molecule has 5 rings (SSSR count). The Balaban J connectivity index is 1.97. The maximum absolute atomic E-state index is 15.3. The topological polar surface area (TPSA) is 7.94 Å². The number of benzene rings is 1. The Bertz CT molecular complexity index is 1230. The van der Waals surface area contributed by atoms with Gasteiger partial charge in [-0.3, -0.25) is 0 Å². The van der Waals surface area contributed by atoms with Crippen molar-refractivity contribution in [3.05, 3.63) is 75.0 Å². The first-order chi connectivity index (χ1) is 15.2. The molecule has 3 aliphatic rings. The van der Waals surface area contributed by atoms with Gasteiger partial charge in [0.15, 0.2) is 18.1 Å². The van der Waals surface area contributed by atoms with E-state index < -0.39 is 24.4 Å². The number of alkyl halides is 2. The van der Waals surface area contributed by atoms with Crippen LogP contribution in [0.1, 0.15) is 68.2 Å². The van der Waals surface area contributed by atoms with Gasteiger partial charge in [0, 0.05) is 23.8 Å². The smallest absolute Gasteiger partial charge is 0.219 e. The van der Waals surface area contributed by atoms with Crippen molar-refractivity contribution in [2.24, 2.45) is 0 Å². The molecule has 2 nitrogen and oxygen atoms in total. The standard InChI is InChI=1S/C27H30F3N2/c1-7-19-13(3)24-21(17-9-11-18(28)12-10-17)25-14(4)20(8-2)16(6)32(25)27-23(30)22(29)26(27)31(24)15(19)5/h9-12,22-23,26-27H,7-8H2,1-6H3/q+1. The largest absolute Gasteiger partial charge is 0.331 e. The molecule has 0 spiro atoms. The predicted octanol–water partition coefficient (Wildman–Crippen LogP) is 6.39. The van der Waals surface area contributed by atoms with Gasteiger partial charge < -0.3 is 4.57 Å². The third-order valence-corrected chi connectivity index (χ3v) is 7.91. The third kappa shape index (κ3) is 2.51. The molecule has 2 aromatic rings. The Labute approximate surface area is 187 Å². The number of aromatic nitrogens is 1. The number of hydrogen-bond donors (Lipinski definition) is 0. The number of fused-ring (bicyclic) bond motifs is 5. The Morgan fingerprint density at radius 2 is 1.59 bits per heavy atom. The highest BCUT2D eigenvalue weighted by atomic mass is 19.2. The summed E-state index contributed by atoms with van der Waals surface area (Å²) >= 11 is 0. The summed E-state index contributed by atoms with van der Waals surface area (Å²) in [7, 11) is 0. The van der Waals surface area contributed by atoms with Crippen LogP contribution >= 0.6 is 0 Å². The van der Waals surface area contributed by atoms with E-state index in [0.717, 1.165) is 57.9 Å². The molecular weight excluding hydrogens is 409 g/mol. The molecule has 0 amide bonds. The zero-order valence-corrected chi connectivity index (χ0v) is 19.6. The van der Waals surface area contributed by atoms with Gasteiger partial charge in [0.05, 0.1) is 11.3 Å². The van der Waals surface area contributed by atoms with Crippen LogP contribution in [0.5, 0.6) is 0 Å². The maximum Gasteiger partial charge on any atom is 0.219 e. The van der Waals surface area contributed by atoms with Crippen LogP contribution in [0.3, 0.4) is 0 Å². The summed E-state index contributed by atoms with van der Waals surface area (Å²) in [5.74, 6) is -0.300. The number of allylic oxidation sites excluding steroid dienone is 2. The molecule has 1 fully saturated rings. The predicted molar refractivity (Wildman–Crippen MR) is 122 cm³/mol. The SMILES string of the molecule is CCC1=C(C)C2=C(c3ccc(F)cc3)c3c(C)c(CC)c(C)n3C3C(F)C(F)C3[N+]2=C1C. The van der Waals surface area contributed by atoms with Crippen LogP contribution < -0.4 is 0 Å². The van der Waals surface area contributed by atoms with Gasteiger partial charge in [0.25, 0.3) is 0 Å². The summed E-state index contributed by atoms with van der Waals surface area (Å²) in [5, 5.41) is 0. The van der Waals surface area contributed by atoms with Crippen molar-refractivity contribution in [1.82, 2.24) is 4.57 Å². The fourth-order valence-corrected chi connectivity index (χ4v) is 6.42. The number of halogens is 3. The van der Waals surface area contributed by atoms with Gasteiger partial charge in [-0.15, -0.1) is 0 Å². The van der Waals surface area contributed by atoms with E-state index in [-0.39, 0.29) is 5.82 Å². The van der Waals surface area contributed by atoms with Crippen molar-refractivity contribution in [3.8, 4) is 0 Å². The van der Waals surface area contributed by atoms with Crippen LogP contribution in [0.2, 0.25) is 0 Å². The van der Waals surface area contributed by atoms with Crippen molar-refractivity contribution in [3.63, 3.8) is 0 Å². The van der Waals surface area contributed by atoms with Gasteiger partial charge in [-0.1, -0.05) is 26.0 Å². The fourth-order valence-electron chi connectivity index (χ4n) is 6.42. The molecule has 5 heteroatoms. The molecule has 0 saturated heterocycles. The van der Waals surface area contributed by atoms with Crippen LogP contribution in [0, 0.1) is 19.7 Å². The minimum Gasteiger partial charge on any atom is -0.331 e. The highest BCUT2D eigenvalue weighted by Crippen LogP contribution is 2.52. The van der Waals surface area contributed by atoms with E-state index in [0.29, 0.717) is 0 Å². The minimum absolute atomic E-state index is 0.300. The van der Waals surface area contributed by atoms with Crippen LogP contribution in [0.4, 0.5) is 13.2 Å². The highest BCUT2D eigenvalue weighted by molar-refractivity contribution is 6.00. The van der Waals surface area contributed by atoms with E-state index in [9.17, 15) is 4.39 Å². The molecule has 2 aliphatic heterocycles. The lowest BCUT2D eigenvalue weighted by molar-refractivity contribution is -0.550. The molecular formula is C27H30F3N2+. The molecule has 0 radical (unpaired) electrons. The lowest BCUT2D eigenvalue weighted by Crippen LogP contribution is -2.60. The van der Waals surface area contributed by atoms with E-state index in [2.05, 4.69) is 36.8 Å². The van der Waals surface area contributed by atoms with Crippen molar-refractivity contribution in [2.45, 2.75) is 78.8 Å². The van der Waals surface area contributed by atoms with Crippen LogP contribution in [-0.4, -0.2) is 33.2 Å². The van der Waals surface area contributed by atoms with Crippen LogP contribution in [0.25, 0.3) is 5.57 Å². The Morgan fingerprint density at radius 3 is 2.19 bits per heavy atom. The molecule has 4 atom stereocenters. The van der Waals surface area contributed by atoms with E-state index in [1.165, 1.54) is 23.3 Å². The second kappa shape index (κ2) is 7.23. The quantitative estimate of drug-likeness (QED) is 0.490.